The van der Waals surface area contributed by atoms with E-state index in [-0.39, 0.29) is 0 Å². The van der Waals surface area contributed by atoms with E-state index in [0.717, 1.165) is 12.4 Å². The zero-order valence-corrected chi connectivity index (χ0v) is 9.92. The fraction of sp³-hybridized carbons (Fsp3) is 0.909. The highest BCUT2D eigenvalue weighted by atomic mass is 15.3. The van der Waals surface area contributed by atoms with Gasteiger partial charge in [-0.05, 0) is 26.2 Å². The zero-order chi connectivity index (χ0) is 11.1. The lowest BCUT2D eigenvalue weighted by atomic mass is 10.2. The van der Waals surface area contributed by atoms with E-state index in [1.807, 2.05) is 0 Å². The largest absolute Gasteiger partial charge is 0.353 e. The minimum Gasteiger partial charge on any atom is -0.353 e. The Morgan fingerprint density at radius 1 is 1.47 bits per heavy atom. The Kier molecular flexibility index (Phi) is 5.47. The lowest BCUT2D eigenvalue weighted by Crippen LogP contribution is -2.46. The summed E-state index contributed by atoms with van der Waals surface area (Å²) in [5.74, 6) is 6.20. The van der Waals surface area contributed by atoms with Crippen molar-refractivity contribution in [2.45, 2.75) is 64.5 Å². The number of rotatable bonds is 4. The predicted molar refractivity (Wildman–Crippen MR) is 64.5 cm³/mol. The molecule has 1 unspecified atom stereocenters. The van der Waals surface area contributed by atoms with Gasteiger partial charge in [-0.1, -0.05) is 26.2 Å². The number of nitrogens with two attached hydrogens (primary N) is 1. The summed E-state index contributed by atoms with van der Waals surface area (Å²) < 4.78 is 0. The van der Waals surface area contributed by atoms with Crippen molar-refractivity contribution in [2.75, 3.05) is 0 Å². The number of nitrogens with zero attached hydrogens (tertiary/aromatic N) is 1. The van der Waals surface area contributed by atoms with Crippen molar-refractivity contribution in [3.8, 4) is 0 Å². The molecule has 0 aliphatic heterocycles. The fourth-order valence-corrected chi connectivity index (χ4v) is 2.07. The first-order valence-corrected chi connectivity index (χ1v) is 6.07. The van der Waals surface area contributed by atoms with E-state index in [1.165, 1.54) is 32.1 Å². The van der Waals surface area contributed by atoms with Crippen molar-refractivity contribution in [1.82, 2.24) is 10.7 Å². The molecule has 4 N–H and O–H groups in total. The maximum Gasteiger partial charge on any atom is 0.206 e. The third-order valence-electron chi connectivity index (χ3n) is 2.88. The van der Waals surface area contributed by atoms with Crippen LogP contribution in [0.3, 0.4) is 0 Å². The van der Waals surface area contributed by atoms with E-state index < -0.39 is 0 Å². The molecular weight excluding hydrogens is 188 g/mol. The lowest BCUT2D eigenvalue weighted by Gasteiger charge is -2.17. The number of hydrazine groups is 1. The van der Waals surface area contributed by atoms with Crippen molar-refractivity contribution in [3.63, 3.8) is 0 Å². The monoisotopic (exact) mass is 212 g/mol. The molecule has 0 aromatic rings. The lowest BCUT2D eigenvalue weighted by molar-refractivity contribution is 0.578. The molecule has 0 aromatic heterocycles. The summed E-state index contributed by atoms with van der Waals surface area (Å²) in [6.07, 6.45) is 7.33. The first kappa shape index (κ1) is 12.3. The van der Waals surface area contributed by atoms with Crippen LogP contribution in [0, 0.1) is 0 Å². The van der Waals surface area contributed by atoms with E-state index in [0.29, 0.717) is 12.1 Å². The van der Waals surface area contributed by atoms with Crippen molar-refractivity contribution in [1.29, 1.82) is 0 Å². The van der Waals surface area contributed by atoms with Gasteiger partial charge in [-0.25, -0.2) is 10.8 Å². The molecule has 4 heteroatoms. The normalized spacial score (nSPS) is 20.3. The molecule has 1 aliphatic carbocycles. The Morgan fingerprint density at radius 3 is 2.67 bits per heavy atom. The zero-order valence-electron chi connectivity index (χ0n) is 9.92. The molecular formula is C11H24N4. The third kappa shape index (κ3) is 4.51. The molecule has 0 amide bonds. The van der Waals surface area contributed by atoms with Crippen molar-refractivity contribution in [3.05, 3.63) is 0 Å². The van der Waals surface area contributed by atoms with Gasteiger partial charge in [-0.3, -0.25) is 5.43 Å². The van der Waals surface area contributed by atoms with Crippen LogP contribution in [-0.2, 0) is 0 Å². The molecule has 0 bridgehead atoms. The van der Waals surface area contributed by atoms with Gasteiger partial charge in [-0.15, -0.1) is 0 Å². The van der Waals surface area contributed by atoms with Crippen LogP contribution in [0.4, 0.5) is 0 Å². The molecule has 0 heterocycles. The Morgan fingerprint density at radius 2 is 2.13 bits per heavy atom. The van der Waals surface area contributed by atoms with Gasteiger partial charge in [0.05, 0.1) is 6.04 Å². The van der Waals surface area contributed by atoms with Crippen LogP contribution in [0.25, 0.3) is 0 Å². The average molecular weight is 212 g/mol. The number of hydrogen-bond acceptors (Lipinski definition) is 2. The van der Waals surface area contributed by atoms with Gasteiger partial charge in [-0.2, -0.15) is 0 Å². The van der Waals surface area contributed by atoms with E-state index in [9.17, 15) is 0 Å². The van der Waals surface area contributed by atoms with Gasteiger partial charge in [0.25, 0.3) is 0 Å². The molecule has 0 aromatic carbocycles. The van der Waals surface area contributed by atoms with Crippen LogP contribution in [0.5, 0.6) is 0 Å². The summed E-state index contributed by atoms with van der Waals surface area (Å²) in [5, 5.41) is 3.31. The molecule has 1 saturated carbocycles. The highest BCUT2D eigenvalue weighted by Gasteiger charge is 2.14. The van der Waals surface area contributed by atoms with Crippen LogP contribution >= 0.6 is 0 Å². The standard InChI is InChI=1S/C11H24N4/c1-3-6-9(2)13-11(15-12)14-10-7-4-5-8-10/h9-10H,3-8,12H2,1-2H3,(H2,13,14,15). The summed E-state index contributed by atoms with van der Waals surface area (Å²) in [7, 11) is 0. The molecule has 0 saturated heterocycles. The van der Waals surface area contributed by atoms with Crippen molar-refractivity contribution >= 4 is 5.96 Å². The van der Waals surface area contributed by atoms with Crippen molar-refractivity contribution in [2.24, 2.45) is 10.8 Å². The van der Waals surface area contributed by atoms with Gasteiger partial charge in [0.1, 0.15) is 0 Å². The van der Waals surface area contributed by atoms with Crippen LogP contribution in [0.2, 0.25) is 0 Å². The van der Waals surface area contributed by atoms with Gasteiger partial charge >= 0.3 is 0 Å². The van der Waals surface area contributed by atoms with E-state index in [4.69, 9.17) is 5.84 Å². The molecule has 15 heavy (non-hydrogen) atoms. The predicted octanol–water partition coefficient (Wildman–Crippen LogP) is 1.53. The third-order valence-corrected chi connectivity index (χ3v) is 2.88. The van der Waals surface area contributed by atoms with Crippen LogP contribution in [0.1, 0.15) is 52.4 Å². The minimum atomic E-state index is 0.436. The number of hydrogen-bond donors (Lipinski definition) is 3. The molecule has 1 atom stereocenters. The van der Waals surface area contributed by atoms with Crippen LogP contribution < -0.4 is 16.6 Å². The number of aliphatic imine (C=N–C) groups is 1. The Hall–Kier alpha value is -0.770. The Labute approximate surface area is 92.7 Å². The Bertz CT molecular complexity index is 197. The summed E-state index contributed by atoms with van der Waals surface area (Å²) in [4.78, 5) is 4.59. The quantitative estimate of drug-likeness (QED) is 0.286. The molecule has 1 rings (SSSR count). The van der Waals surface area contributed by atoms with E-state index >= 15 is 0 Å². The van der Waals surface area contributed by atoms with E-state index in [2.05, 4.69) is 29.6 Å². The molecule has 4 nitrogen and oxygen atoms in total. The second-order valence-electron chi connectivity index (χ2n) is 4.39. The maximum atomic E-state index is 5.45. The van der Waals surface area contributed by atoms with Gasteiger partial charge in [0, 0.05) is 6.04 Å². The topological polar surface area (TPSA) is 62.4 Å². The second kappa shape index (κ2) is 6.67. The molecule has 1 aliphatic rings. The summed E-state index contributed by atoms with van der Waals surface area (Å²) in [6, 6.07) is 0.906. The molecule has 88 valence electrons. The summed E-state index contributed by atoms with van der Waals surface area (Å²) in [6.45, 7) is 4.34. The van der Waals surface area contributed by atoms with Crippen LogP contribution in [0.15, 0.2) is 4.99 Å². The SMILES string of the molecule is CCCC(C)NC(=NC1CCCC1)NN. The van der Waals surface area contributed by atoms with E-state index in [1.54, 1.807) is 0 Å². The van der Waals surface area contributed by atoms with Gasteiger partial charge < -0.3 is 5.32 Å². The molecule has 0 spiro atoms. The fourth-order valence-electron chi connectivity index (χ4n) is 2.07. The second-order valence-corrected chi connectivity index (χ2v) is 4.39. The minimum absolute atomic E-state index is 0.436. The van der Waals surface area contributed by atoms with Crippen LogP contribution in [-0.4, -0.2) is 18.0 Å². The smallest absolute Gasteiger partial charge is 0.206 e. The summed E-state index contributed by atoms with van der Waals surface area (Å²) >= 11 is 0. The number of nitrogens with one attached hydrogen (secondary N) is 2. The first-order chi connectivity index (χ1) is 7.26. The highest BCUT2D eigenvalue weighted by Crippen LogP contribution is 2.20. The van der Waals surface area contributed by atoms with Gasteiger partial charge in [0.15, 0.2) is 0 Å². The Balaban J connectivity index is 2.39. The van der Waals surface area contributed by atoms with Gasteiger partial charge in [0.2, 0.25) is 5.96 Å². The maximum absolute atomic E-state index is 5.45. The van der Waals surface area contributed by atoms with Crippen molar-refractivity contribution < 1.29 is 0 Å². The highest BCUT2D eigenvalue weighted by molar-refractivity contribution is 5.79. The number of guanidine groups is 1. The summed E-state index contributed by atoms with van der Waals surface area (Å²) in [5.41, 5.74) is 2.66. The molecule has 0 radical (unpaired) electrons. The molecule has 1 fully saturated rings. The first-order valence-electron chi connectivity index (χ1n) is 6.07. The average Bonchev–Trinajstić information content (AvgIpc) is 2.70.